The Bertz CT molecular complexity index is 108. The molecule has 0 aliphatic heterocycles. The highest BCUT2D eigenvalue weighted by Crippen LogP contribution is 2.08. The normalized spacial score (nSPS) is 18.8. The lowest BCUT2D eigenvalue weighted by Gasteiger charge is -2.19. The number of hydrogen-bond acceptors (Lipinski definition) is 4. The fraction of sp³-hybridized carbons (Fsp3) is 1.00. The molecular weight excluding hydrogens is 170 g/mol. The summed E-state index contributed by atoms with van der Waals surface area (Å²) >= 11 is 1.76. The molecule has 3 nitrogen and oxygen atoms in total. The Kier molecular flexibility index (Phi) is 6.84. The lowest BCUT2D eigenvalue weighted by Crippen LogP contribution is -2.41. The van der Waals surface area contributed by atoms with Crippen molar-refractivity contribution in [1.82, 2.24) is 5.32 Å². The van der Waals surface area contributed by atoms with Crippen LogP contribution in [0, 0.1) is 0 Å². The van der Waals surface area contributed by atoms with E-state index in [4.69, 9.17) is 11.5 Å². The third kappa shape index (κ3) is 5.83. The summed E-state index contributed by atoms with van der Waals surface area (Å²) < 4.78 is 0. The number of nitrogens with one attached hydrogen (secondary N) is 1. The van der Waals surface area contributed by atoms with Crippen LogP contribution in [0.4, 0.5) is 0 Å². The van der Waals surface area contributed by atoms with Crippen molar-refractivity contribution < 1.29 is 0 Å². The molecule has 0 radical (unpaired) electrons. The minimum atomic E-state index is 0.224. The Morgan fingerprint density at radius 2 is 1.92 bits per heavy atom. The van der Waals surface area contributed by atoms with Crippen LogP contribution in [0.2, 0.25) is 0 Å². The van der Waals surface area contributed by atoms with Crippen LogP contribution in [0.25, 0.3) is 0 Å². The molecule has 4 heteroatoms. The van der Waals surface area contributed by atoms with Crippen LogP contribution in [-0.2, 0) is 0 Å². The number of hydrogen-bond donors (Lipinski definition) is 3. The fourth-order valence-corrected chi connectivity index (χ4v) is 1.63. The smallest absolute Gasteiger partial charge is 0.0478 e. The maximum absolute atomic E-state index is 5.90. The summed E-state index contributed by atoms with van der Waals surface area (Å²) in [5.74, 6) is 1.05. The molecule has 0 bridgehead atoms. The largest absolute Gasteiger partial charge is 0.326 e. The molecule has 0 rings (SSSR count). The van der Waals surface area contributed by atoms with Crippen molar-refractivity contribution in [2.45, 2.75) is 37.7 Å². The third-order valence-corrected chi connectivity index (χ3v) is 2.93. The molecule has 0 aliphatic rings. The Balaban J connectivity index is 3.37. The maximum Gasteiger partial charge on any atom is 0.0478 e. The highest BCUT2D eigenvalue weighted by Gasteiger charge is 2.09. The van der Waals surface area contributed by atoms with Crippen molar-refractivity contribution in [2.24, 2.45) is 11.5 Å². The average molecular weight is 191 g/mol. The highest BCUT2D eigenvalue weighted by atomic mass is 32.2. The van der Waals surface area contributed by atoms with Gasteiger partial charge in [0.25, 0.3) is 0 Å². The Hall–Kier alpha value is 0.230. The molecule has 3 atom stereocenters. The molecule has 0 saturated carbocycles. The van der Waals surface area contributed by atoms with Gasteiger partial charge in [0.05, 0.1) is 0 Å². The van der Waals surface area contributed by atoms with Crippen molar-refractivity contribution in [3.05, 3.63) is 0 Å². The average Bonchev–Trinajstić information content (AvgIpc) is 2.02. The number of thioether (sulfide) groups is 1. The summed E-state index contributed by atoms with van der Waals surface area (Å²) in [4.78, 5) is 0. The number of likely N-dealkylation sites (N-methyl/N-ethyl adjacent to an activating group) is 1. The summed E-state index contributed by atoms with van der Waals surface area (Å²) in [6, 6.07) is 0.625. The van der Waals surface area contributed by atoms with Gasteiger partial charge in [-0.3, -0.25) is 0 Å². The number of nitrogens with two attached hydrogens (primary N) is 2. The van der Waals surface area contributed by atoms with E-state index in [-0.39, 0.29) is 11.4 Å². The van der Waals surface area contributed by atoms with Gasteiger partial charge < -0.3 is 16.8 Å². The van der Waals surface area contributed by atoms with E-state index in [0.717, 1.165) is 12.2 Å². The van der Waals surface area contributed by atoms with Crippen molar-refractivity contribution in [3.63, 3.8) is 0 Å². The summed E-state index contributed by atoms with van der Waals surface area (Å²) in [6.07, 6.45) is 1.02. The van der Waals surface area contributed by atoms with Gasteiger partial charge in [-0.2, -0.15) is 0 Å². The zero-order chi connectivity index (χ0) is 9.56. The van der Waals surface area contributed by atoms with Gasteiger partial charge in [0, 0.05) is 17.5 Å². The molecule has 5 N–H and O–H groups in total. The summed E-state index contributed by atoms with van der Waals surface area (Å²) in [7, 11) is 1.93. The van der Waals surface area contributed by atoms with Crippen LogP contribution in [0.5, 0.6) is 0 Å². The molecule has 74 valence electrons. The minimum Gasteiger partial charge on any atom is -0.326 e. The third-order valence-electron chi connectivity index (χ3n) is 1.93. The van der Waals surface area contributed by atoms with Crippen molar-refractivity contribution in [1.29, 1.82) is 0 Å². The summed E-state index contributed by atoms with van der Waals surface area (Å²) in [5.41, 5.74) is 11.5. The zero-order valence-corrected chi connectivity index (χ0v) is 9.03. The predicted molar refractivity (Wildman–Crippen MR) is 57.2 cm³/mol. The van der Waals surface area contributed by atoms with Crippen molar-refractivity contribution in [3.8, 4) is 0 Å². The Labute approximate surface area is 79.6 Å². The first kappa shape index (κ1) is 12.2. The molecule has 12 heavy (non-hydrogen) atoms. The summed E-state index contributed by atoms with van der Waals surface area (Å²) in [6.45, 7) is 4.10. The lowest BCUT2D eigenvalue weighted by molar-refractivity contribution is 0.481. The highest BCUT2D eigenvalue weighted by molar-refractivity contribution is 7.99. The quantitative estimate of drug-likeness (QED) is 0.530. The van der Waals surface area contributed by atoms with Crippen LogP contribution in [0.1, 0.15) is 20.3 Å². The topological polar surface area (TPSA) is 64.1 Å². The minimum absolute atomic E-state index is 0.224. The van der Waals surface area contributed by atoms with Crippen LogP contribution >= 0.6 is 11.8 Å². The molecule has 0 spiro atoms. The van der Waals surface area contributed by atoms with Crippen LogP contribution in [-0.4, -0.2) is 30.3 Å². The Morgan fingerprint density at radius 1 is 1.33 bits per heavy atom. The van der Waals surface area contributed by atoms with E-state index < -0.39 is 0 Å². The molecule has 2 unspecified atom stereocenters. The fourth-order valence-electron chi connectivity index (χ4n) is 0.854. The molecule has 0 fully saturated rings. The van der Waals surface area contributed by atoms with Gasteiger partial charge in [-0.25, -0.2) is 0 Å². The molecule has 0 aliphatic carbocycles. The molecule has 0 saturated heterocycles. The van der Waals surface area contributed by atoms with Gasteiger partial charge in [0.15, 0.2) is 0 Å². The second-order valence-corrected chi connectivity index (χ2v) is 4.59. The second kappa shape index (κ2) is 6.71. The molecule has 0 aromatic heterocycles. The number of rotatable bonds is 6. The van der Waals surface area contributed by atoms with Gasteiger partial charge in [0.1, 0.15) is 0 Å². The van der Waals surface area contributed by atoms with E-state index in [0.29, 0.717) is 6.04 Å². The molecule has 0 aromatic carbocycles. The first-order valence-corrected chi connectivity index (χ1v) is 5.42. The van der Waals surface area contributed by atoms with E-state index >= 15 is 0 Å². The first-order valence-electron chi connectivity index (χ1n) is 4.38. The zero-order valence-electron chi connectivity index (χ0n) is 8.21. The van der Waals surface area contributed by atoms with Crippen LogP contribution in [0.15, 0.2) is 0 Å². The van der Waals surface area contributed by atoms with Crippen molar-refractivity contribution >= 4 is 11.8 Å². The molecule has 0 amide bonds. The first-order chi connectivity index (χ1) is 5.57. The van der Waals surface area contributed by atoms with Gasteiger partial charge >= 0.3 is 0 Å². The second-order valence-electron chi connectivity index (χ2n) is 3.11. The van der Waals surface area contributed by atoms with Gasteiger partial charge in [-0.1, -0.05) is 0 Å². The van der Waals surface area contributed by atoms with E-state index in [1.165, 1.54) is 0 Å². The lowest BCUT2D eigenvalue weighted by atomic mass is 10.1. The van der Waals surface area contributed by atoms with Crippen molar-refractivity contribution in [2.75, 3.05) is 12.8 Å². The molecule has 0 aromatic rings. The van der Waals surface area contributed by atoms with E-state index in [1.54, 1.807) is 11.8 Å². The predicted octanol–water partition coefficient (Wildman–Crippen LogP) is 0.350. The van der Waals surface area contributed by atoms with E-state index in [9.17, 15) is 0 Å². The van der Waals surface area contributed by atoms with Gasteiger partial charge in [0.2, 0.25) is 0 Å². The molecule has 0 heterocycles. The SMILES string of the molecule is CN[C@@H](C)C(N)CCSC(C)N. The van der Waals surface area contributed by atoms with Gasteiger partial charge in [-0.05, 0) is 33.1 Å². The summed E-state index contributed by atoms with van der Waals surface area (Å²) in [5, 5.41) is 3.36. The van der Waals surface area contributed by atoms with Crippen LogP contribution in [0.3, 0.4) is 0 Å². The molecular formula is C8H21N3S. The van der Waals surface area contributed by atoms with E-state index in [2.05, 4.69) is 12.2 Å². The Morgan fingerprint density at radius 3 is 2.33 bits per heavy atom. The standard InChI is InChI=1S/C8H21N3S/c1-6(11-3)8(10)4-5-12-7(2)9/h6-8,11H,4-5,9-10H2,1-3H3/t6-,7?,8?/m0/s1. The van der Waals surface area contributed by atoms with E-state index in [1.807, 2.05) is 14.0 Å². The monoisotopic (exact) mass is 191 g/mol. The van der Waals surface area contributed by atoms with Crippen LogP contribution < -0.4 is 16.8 Å². The van der Waals surface area contributed by atoms with Gasteiger partial charge in [-0.15, -0.1) is 11.8 Å². The maximum atomic E-state index is 5.90.